The molecule has 0 saturated carbocycles. The van der Waals surface area contributed by atoms with Crippen LogP contribution < -0.4 is 4.72 Å². The van der Waals surface area contributed by atoms with Gasteiger partial charge in [0.05, 0.1) is 16.3 Å². The summed E-state index contributed by atoms with van der Waals surface area (Å²) in [5.74, 6) is -2.46. The van der Waals surface area contributed by atoms with Gasteiger partial charge < -0.3 is 5.11 Å². The molecule has 0 radical (unpaired) electrons. The third-order valence-electron chi connectivity index (χ3n) is 2.64. The number of nitrogens with one attached hydrogen (secondary N) is 1. The summed E-state index contributed by atoms with van der Waals surface area (Å²) in [4.78, 5) is 10.1. The fraction of sp³-hybridized carbons (Fsp3) is 0. The number of carbonyl (C=O) groups is 1. The van der Waals surface area contributed by atoms with Gasteiger partial charge in [0.25, 0.3) is 10.0 Å². The van der Waals surface area contributed by atoms with E-state index in [2.05, 4.69) is 4.72 Å². The Morgan fingerprint density at radius 2 is 1.82 bits per heavy atom. The lowest BCUT2D eigenvalue weighted by atomic mass is 10.2. The van der Waals surface area contributed by atoms with Crippen LogP contribution in [0.5, 0.6) is 0 Å². The van der Waals surface area contributed by atoms with Gasteiger partial charge in [-0.3, -0.25) is 4.72 Å². The molecule has 2 rings (SSSR count). The molecule has 116 valence electrons. The van der Waals surface area contributed by atoms with Gasteiger partial charge in [-0.05, 0) is 36.4 Å². The molecule has 0 fully saturated rings. The number of benzene rings is 2. The van der Waals surface area contributed by atoms with Gasteiger partial charge in [0, 0.05) is 5.02 Å². The Bertz CT molecular complexity index is 855. The number of halogens is 3. The summed E-state index contributed by atoms with van der Waals surface area (Å²) in [6.07, 6.45) is 0. The molecule has 0 aromatic heterocycles. The first-order valence-electron chi connectivity index (χ1n) is 5.71. The van der Waals surface area contributed by atoms with E-state index in [-0.39, 0.29) is 21.3 Å². The van der Waals surface area contributed by atoms with E-state index >= 15 is 0 Å². The molecule has 0 spiro atoms. The quantitative estimate of drug-likeness (QED) is 0.868. The highest BCUT2D eigenvalue weighted by atomic mass is 35.5. The van der Waals surface area contributed by atoms with Gasteiger partial charge in [-0.25, -0.2) is 17.6 Å². The van der Waals surface area contributed by atoms with Gasteiger partial charge in [0.15, 0.2) is 0 Å². The van der Waals surface area contributed by atoms with E-state index in [9.17, 15) is 17.6 Å². The van der Waals surface area contributed by atoms with Gasteiger partial charge in [0.2, 0.25) is 0 Å². The van der Waals surface area contributed by atoms with Gasteiger partial charge in [0.1, 0.15) is 10.7 Å². The number of hydrogen-bond donors (Lipinski definition) is 2. The topological polar surface area (TPSA) is 83.5 Å². The third-order valence-corrected chi connectivity index (χ3v) is 4.59. The number of aromatic carboxylic acids is 1. The van der Waals surface area contributed by atoms with Crippen LogP contribution in [0.3, 0.4) is 0 Å². The Balaban J connectivity index is 2.49. The third kappa shape index (κ3) is 3.49. The molecule has 2 aromatic rings. The van der Waals surface area contributed by atoms with Crippen molar-refractivity contribution in [1.82, 2.24) is 0 Å². The first-order valence-corrected chi connectivity index (χ1v) is 7.95. The molecule has 0 aliphatic carbocycles. The van der Waals surface area contributed by atoms with Crippen molar-refractivity contribution in [3.63, 3.8) is 0 Å². The number of sulfonamides is 1. The smallest absolute Gasteiger partial charge is 0.335 e. The van der Waals surface area contributed by atoms with Crippen molar-refractivity contribution in [1.29, 1.82) is 0 Å². The fourth-order valence-corrected chi connectivity index (χ4v) is 3.19. The number of hydrogen-bond acceptors (Lipinski definition) is 3. The second-order valence-electron chi connectivity index (χ2n) is 4.18. The molecule has 2 aromatic carbocycles. The molecule has 22 heavy (non-hydrogen) atoms. The lowest BCUT2D eigenvalue weighted by Gasteiger charge is -2.11. The van der Waals surface area contributed by atoms with Crippen molar-refractivity contribution < 1.29 is 22.7 Å². The zero-order valence-electron chi connectivity index (χ0n) is 10.7. The normalized spacial score (nSPS) is 11.2. The fourth-order valence-electron chi connectivity index (χ4n) is 1.62. The Morgan fingerprint density at radius 3 is 2.45 bits per heavy atom. The predicted octanol–water partition coefficient (Wildman–Crippen LogP) is 3.63. The van der Waals surface area contributed by atoms with E-state index in [1.807, 2.05) is 0 Å². The minimum absolute atomic E-state index is 0.0469. The molecule has 0 unspecified atom stereocenters. The van der Waals surface area contributed by atoms with E-state index in [1.54, 1.807) is 0 Å². The average molecular weight is 364 g/mol. The largest absolute Gasteiger partial charge is 0.478 e. The minimum Gasteiger partial charge on any atom is -0.478 e. The van der Waals surface area contributed by atoms with E-state index < -0.39 is 26.7 Å². The molecule has 0 aliphatic heterocycles. The highest BCUT2D eigenvalue weighted by Crippen LogP contribution is 2.28. The van der Waals surface area contributed by atoms with Crippen LogP contribution in [-0.4, -0.2) is 19.5 Å². The standard InChI is InChI=1S/C13H8Cl2FNO4S/c14-8-2-3-9(15)11(6-8)17-22(20,21)12-5-7(13(18)19)1-4-10(12)16/h1-6,17H,(H,18,19). The summed E-state index contributed by atoms with van der Waals surface area (Å²) in [5, 5.41) is 9.14. The van der Waals surface area contributed by atoms with Crippen molar-refractivity contribution in [2.24, 2.45) is 0 Å². The summed E-state index contributed by atoms with van der Waals surface area (Å²) < 4.78 is 40.2. The van der Waals surface area contributed by atoms with Crippen LogP contribution in [0.25, 0.3) is 0 Å². The van der Waals surface area contributed by atoms with Gasteiger partial charge >= 0.3 is 5.97 Å². The Hall–Kier alpha value is -1.83. The lowest BCUT2D eigenvalue weighted by Crippen LogP contribution is -2.16. The van der Waals surface area contributed by atoms with Crippen molar-refractivity contribution in [2.75, 3.05) is 4.72 Å². The minimum atomic E-state index is -4.37. The number of rotatable bonds is 4. The summed E-state index contributed by atoms with van der Waals surface area (Å²) >= 11 is 11.6. The van der Waals surface area contributed by atoms with Gasteiger partial charge in [-0.1, -0.05) is 23.2 Å². The number of carboxylic acids is 1. The highest BCUT2D eigenvalue weighted by Gasteiger charge is 2.22. The second kappa shape index (κ2) is 6.12. The molecule has 9 heteroatoms. The summed E-state index contributed by atoms with van der Waals surface area (Å²) in [5.41, 5.74) is -0.409. The van der Waals surface area contributed by atoms with E-state index in [0.717, 1.165) is 18.2 Å². The van der Waals surface area contributed by atoms with Crippen LogP contribution in [0.2, 0.25) is 10.0 Å². The molecule has 2 N–H and O–H groups in total. The van der Waals surface area contributed by atoms with Crippen LogP contribution in [0.15, 0.2) is 41.3 Å². The zero-order chi connectivity index (χ0) is 16.5. The van der Waals surface area contributed by atoms with Crippen LogP contribution >= 0.6 is 23.2 Å². The molecule has 5 nitrogen and oxygen atoms in total. The van der Waals surface area contributed by atoms with Crippen molar-refractivity contribution >= 4 is 44.9 Å². The van der Waals surface area contributed by atoms with Crippen LogP contribution in [-0.2, 0) is 10.0 Å². The number of carboxylic acid groups (broad SMARTS) is 1. The van der Waals surface area contributed by atoms with Crippen LogP contribution in [0.1, 0.15) is 10.4 Å². The first-order chi connectivity index (χ1) is 10.2. The van der Waals surface area contributed by atoms with E-state index in [0.29, 0.717) is 0 Å². The summed E-state index contributed by atoms with van der Waals surface area (Å²) in [6.45, 7) is 0. The first kappa shape index (κ1) is 16.5. The lowest BCUT2D eigenvalue weighted by molar-refractivity contribution is 0.0696. The molecule has 0 amide bonds. The van der Waals surface area contributed by atoms with Crippen LogP contribution in [0, 0.1) is 5.82 Å². The Labute approximate surface area is 135 Å². The molecule has 0 heterocycles. The van der Waals surface area contributed by atoms with E-state index in [1.165, 1.54) is 18.2 Å². The average Bonchev–Trinajstić information content (AvgIpc) is 2.42. The Kier molecular flexibility index (Phi) is 4.60. The van der Waals surface area contributed by atoms with Gasteiger partial charge in [-0.2, -0.15) is 0 Å². The second-order valence-corrected chi connectivity index (χ2v) is 6.67. The maximum absolute atomic E-state index is 13.7. The maximum atomic E-state index is 13.7. The highest BCUT2D eigenvalue weighted by molar-refractivity contribution is 7.92. The monoisotopic (exact) mass is 363 g/mol. The van der Waals surface area contributed by atoms with Crippen molar-refractivity contribution in [2.45, 2.75) is 4.90 Å². The summed E-state index contributed by atoms with van der Waals surface area (Å²) in [6, 6.07) is 6.51. The number of anilines is 1. The Morgan fingerprint density at radius 1 is 1.14 bits per heavy atom. The SMILES string of the molecule is O=C(O)c1ccc(F)c(S(=O)(=O)Nc2cc(Cl)ccc2Cl)c1. The van der Waals surface area contributed by atoms with Gasteiger partial charge in [-0.15, -0.1) is 0 Å². The maximum Gasteiger partial charge on any atom is 0.335 e. The molecule has 0 atom stereocenters. The predicted molar refractivity (Wildman–Crippen MR) is 80.6 cm³/mol. The van der Waals surface area contributed by atoms with E-state index in [4.69, 9.17) is 28.3 Å². The summed E-state index contributed by atoms with van der Waals surface area (Å²) in [7, 11) is -4.37. The molecular formula is C13H8Cl2FNO4S. The zero-order valence-corrected chi connectivity index (χ0v) is 13.0. The molecular weight excluding hydrogens is 356 g/mol. The van der Waals surface area contributed by atoms with Crippen molar-refractivity contribution in [3.8, 4) is 0 Å². The molecule has 0 aliphatic rings. The van der Waals surface area contributed by atoms with Crippen LogP contribution in [0.4, 0.5) is 10.1 Å². The molecule has 0 bridgehead atoms. The molecule has 0 saturated heterocycles. The van der Waals surface area contributed by atoms with Crippen molar-refractivity contribution in [3.05, 3.63) is 57.8 Å².